The zero-order valence-corrected chi connectivity index (χ0v) is 14.5. The van der Waals surface area contributed by atoms with Crippen molar-refractivity contribution in [1.29, 1.82) is 0 Å². The van der Waals surface area contributed by atoms with Crippen LogP contribution in [-0.4, -0.2) is 70.5 Å². The fourth-order valence-corrected chi connectivity index (χ4v) is 3.13. The summed E-state index contributed by atoms with van der Waals surface area (Å²) in [6.45, 7) is 3.35. The Morgan fingerprint density at radius 3 is 1.96 bits per heavy atom. The largest absolute Gasteiger partial charge is 0.395 e. The van der Waals surface area contributed by atoms with Crippen LogP contribution in [0.3, 0.4) is 0 Å². The third kappa shape index (κ3) is 7.45. The third-order valence-corrected chi connectivity index (χ3v) is 4.72. The Bertz CT molecular complexity index is 292. The zero-order valence-electron chi connectivity index (χ0n) is 14.5. The van der Waals surface area contributed by atoms with Crippen molar-refractivity contribution in [2.45, 2.75) is 88.7 Å². The Morgan fingerprint density at radius 2 is 1.35 bits per heavy atom. The predicted molar refractivity (Wildman–Crippen MR) is 91.3 cm³/mol. The fraction of sp³-hybridized carbons (Fsp3) is 1.00. The molecule has 6 heteroatoms. The van der Waals surface area contributed by atoms with Gasteiger partial charge in [0.15, 0.2) is 0 Å². The lowest BCUT2D eigenvalue weighted by Gasteiger charge is -2.41. The van der Waals surface area contributed by atoms with Crippen LogP contribution in [-0.2, 0) is 0 Å². The molecule has 1 aliphatic rings. The van der Waals surface area contributed by atoms with E-state index in [2.05, 4.69) is 17.6 Å². The zero-order chi connectivity index (χ0) is 17.1. The molecule has 23 heavy (non-hydrogen) atoms. The third-order valence-electron chi connectivity index (χ3n) is 4.72. The number of aliphatic hydroxyl groups excluding tert-OH is 4. The van der Waals surface area contributed by atoms with E-state index in [1.165, 1.54) is 44.9 Å². The van der Waals surface area contributed by atoms with Crippen LogP contribution in [0.25, 0.3) is 0 Å². The van der Waals surface area contributed by atoms with Crippen molar-refractivity contribution in [1.82, 2.24) is 10.6 Å². The Labute approximate surface area is 140 Å². The molecule has 1 saturated heterocycles. The van der Waals surface area contributed by atoms with E-state index in [-0.39, 0.29) is 12.6 Å². The fourth-order valence-electron chi connectivity index (χ4n) is 3.13. The molecule has 0 aromatic carbocycles. The first-order chi connectivity index (χ1) is 11.1. The van der Waals surface area contributed by atoms with Crippen molar-refractivity contribution in [2.75, 3.05) is 19.7 Å². The minimum atomic E-state index is -1.22. The number of rotatable bonds is 12. The second kappa shape index (κ2) is 12.2. The summed E-state index contributed by atoms with van der Waals surface area (Å²) in [6.07, 6.45) is 6.81. The SMILES string of the molecule is CCCCCCCCCCNC[C@H]1N[C@H](CO)[C@@H](O)[C@H](O)[C@H]1O. The highest BCUT2D eigenvalue weighted by Gasteiger charge is 2.41. The molecular weight excluding hydrogens is 296 g/mol. The minimum Gasteiger partial charge on any atom is -0.395 e. The number of piperidine rings is 1. The summed E-state index contributed by atoms with van der Waals surface area (Å²) in [5.74, 6) is 0. The highest BCUT2D eigenvalue weighted by Crippen LogP contribution is 2.15. The summed E-state index contributed by atoms with van der Waals surface area (Å²) >= 11 is 0. The van der Waals surface area contributed by atoms with Gasteiger partial charge in [-0.2, -0.15) is 0 Å². The first kappa shape index (κ1) is 20.8. The maximum atomic E-state index is 9.97. The summed E-state index contributed by atoms with van der Waals surface area (Å²) in [7, 11) is 0. The average Bonchev–Trinajstić information content (AvgIpc) is 2.56. The molecule has 0 aromatic rings. The summed E-state index contributed by atoms with van der Waals surface area (Å²) in [4.78, 5) is 0. The van der Waals surface area contributed by atoms with E-state index in [1.54, 1.807) is 0 Å². The van der Waals surface area contributed by atoms with Crippen LogP contribution in [0, 0.1) is 0 Å². The Kier molecular flexibility index (Phi) is 11.0. The smallest absolute Gasteiger partial charge is 0.109 e. The van der Waals surface area contributed by atoms with Gasteiger partial charge in [-0.1, -0.05) is 51.9 Å². The van der Waals surface area contributed by atoms with Crippen molar-refractivity contribution in [3.8, 4) is 0 Å². The van der Waals surface area contributed by atoms with E-state index >= 15 is 0 Å². The van der Waals surface area contributed by atoms with Gasteiger partial charge in [0, 0.05) is 12.6 Å². The van der Waals surface area contributed by atoms with Gasteiger partial charge in [-0.15, -0.1) is 0 Å². The quantitative estimate of drug-likeness (QED) is 0.284. The van der Waals surface area contributed by atoms with Gasteiger partial charge in [0.1, 0.15) is 6.10 Å². The van der Waals surface area contributed by atoms with Crippen LogP contribution >= 0.6 is 0 Å². The summed E-state index contributed by atoms with van der Waals surface area (Å²) in [5.41, 5.74) is 0. The second-order valence-corrected chi connectivity index (χ2v) is 6.71. The number of aliphatic hydroxyl groups is 4. The van der Waals surface area contributed by atoms with Crippen LogP contribution in [0.2, 0.25) is 0 Å². The normalized spacial score (nSPS) is 31.4. The molecule has 1 fully saturated rings. The molecule has 0 spiro atoms. The van der Waals surface area contributed by atoms with Crippen LogP contribution in [0.4, 0.5) is 0 Å². The Morgan fingerprint density at radius 1 is 0.783 bits per heavy atom. The lowest BCUT2D eigenvalue weighted by Crippen LogP contribution is -2.67. The molecule has 1 heterocycles. The van der Waals surface area contributed by atoms with E-state index in [9.17, 15) is 20.4 Å². The van der Waals surface area contributed by atoms with Crippen LogP contribution < -0.4 is 10.6 Å². The summed E-state index contributed by atoms with van der Waals surface area (Å²) < 4.78 is 0. The number of hydrogen-bond donors (Lipinski definition) is 6. The van der Waals surface area contributed by atoms with Crippen molar-refractivity contribution >= 4 is 0 Å². The molecule has 0 bridgehead atoms. The maximum absolute atomic E-state index is 9.97. The molecule has 0 unspecified atom stereocenters. The summed E-state index contributed by atoms with van der Waals surface area (Å²) in [5, 5.41) is 45.0. The topological polar surface area (TPSA) is 105 Å². The molecule has 6 nitrogen and oxygen atoms in total. The second-order valence-electron chi connectivity index (χ2n) is 6.71. The monoisotopic (exact) mass is 332 g/mol. The average molecular weight is 332 g/mol. The van der Waals surface area contributed by atoms with Crippen molar-refractivity contribution < 1.29 is 20.4 Å². The first-order valence-corrected chi connectivity index (χ1v) is 9.23. The molecule has 0 amide bonds. The predicted octanol–water partition coefficient (Wildman–Crippen LogP) is 0.132. The van der Waals surface area contributed by atoms with E-state index in [1.807, 2.05) is 0 Å². The van der Waals surface area contributed by atoms with Gasteiger partial charge in [0.05, 0.1) is 24.9 Å². The molecule has 0 aromatic heterocycles. The van der Waals surface area contributed by atoms with Crippen molar-refractivity contribution in [3.05, 3.63) is 0 Å². The van der Waals surface area contributed by atoms with E-state index in [4.69, 9.17) is 0 Å². The summed E-state index contributed by atoms with van der Waals surface area (Å²) in [6, 6.07) is -0.956. The lowest BCUT2D eigenvalue weighted by atomic mass is 9.90. The lowest BCUT2D eigenvalue weighted by molar-refractivity contribution is -0.118. The molecule has 6 N–H and O–H groups in total. The van der Waals surface area contributed by atoms with Gasteiger partial charge in [0.2, 0.25) is 0 Å². The standard InChI is InChI=1S/C17H36N2O4/c1-2-3-4-5-6-7-8-9-10-18-11-13-15(21)17(23)16(22)14(12-20)19-13/h13-23H,2-12H2,1H3/t13-,14-,15+,16-,17-/m1/s1. The van der Waals surface area contributed by atoms with Crippen molar-refractivity contribution in [3.63, 3.8) is 0 Å². The van der Waals surface area contributed by atoms with Crippen LogP contribution in [0.5, 0.6) is 0 Å². The van der Waals surface area contributed by atoms with Gasteiger partial charge in [-0.3, -0.25) is 0 Å². The van der Waals surface area contributed by atoms with Gasteiger partial charge < -0.3 is 31.1 Å². The van der Waals surface area contributed by atoms with Crippen molar-refractivity contribution in [2.24, 2.45) is 0 Å². The highest BCUT2D eigenvalue weighted by molar-refractivity contribution is 4.98. The van der Waals surface area contributed by atoms with Gasteiger partial charge in [0.25, 0.3) is 0 Å². The molecular formula is C17H36N2O4. The first-order valence-electron chi connectivity index (χ1n) is 9.23. The van der Waals surface area contributed by atoms with Gasteiger partial charge in [-0.05, 0) is 13.0 Å². The molecule has 0 aliphatic carbocycles. The van der Waals surface area contributed by atoms with E-state index in [0.717, 1.165) is 13.0 Å². The highest BCUT2D eigenvalue weighted by atomic mass is 16.4. The van der Waals surface area contributed by atoms with E-state index < -0.39 is 24.4 Å². The van der Waals surface area contributed by atoms with Crippen LogP contribution in [0.15, 0.2) is 0 Å². The van der Waals surface area contributed by atoms with E-state index in [0.29, 0.717) is 6.54 Å². The van der Waals surface area contributed by atoms with Crippen LogP contribution in [0.1, 0.15) is 58.3 Å². The molecule has 138 valence electrons. The maximum Gasteiger partial charge on any atom is 0.109 e. The molecule has 0 radical (unpaired) electrons. The number of unbranched alkanes of at least 4 members (excludes halogenated alkanes) is 7. The molecule has 1 aliphatic heterocycles. The number of nitrogens with one attached hydrogen (secondary N) is 2. The minimum absolute atomic E-state index is 0.264. The Balaban J connectivity index is 2.06. The molecule has 0 saturated carbocycles. The number of hydrogen-bond acceptors (Lipinski definition) is 6. The van der Waals surface area contributed by atoms with Gasteiger partial charge >= 0.3 is 0 Å². The molecule has 5 atom stereocenters. The van der Waals surface area contributed by atoms with Gasteiger partial charge in [-0.25, -0.2) is 0 Å². The Hall–Kier alpha value is -0.240. The molecule has 1 rings (SSSR count).